The molecule has 0 amide bonds. The highest BCUT2D eigenvalue weighted by Gasteiger charge is 2.24. The van der Waals surface area contributed by atoms with Crippen LogP contribution in [0.2, 0.25) is 0 Å². The van der Waals surface area contributed by atoms with Crippen molar-refractivity contribution in [1.29, 1.82) is 0 Å². The number of benzene rings is 1. The van der Waals surface area contributed by atoms with Crippen molar-refractivity contribution in [3.63, 3.8) is 0 Å². The zero-order valence-corrected chi connectivity index (χ0v) is 11.9. The summed E-state index contributed by atoms with van der Waals surface area (Å²) in [5.41, 5.74) is 3.66. The predicted octanol–water partition coefficient (Wildman–Crippen LogP) is 3.67. The average Bonchev–Trinajstić information content (AvgIpc) is 3.07. The molecule has 3 rings (SSSR count). The molecule has 2 aromatic rings. The lowest BCUT2D eigenvalue weighted by Gasteiger charge is -2.24. The summed E-state index contributed by atoms with van der Waals surface area (Å²) in [5, 5.41) is 0. The SMILES string of the molecule is CCc1ccc2nc(C(CC)N3CCCC3)[nH]c2c1. The van der Waals surface area contributed by atoms with Crippen LogP contribution >= 0.6 is 0 Å². The number of imidazole rings is 1. The monoisotopic (exact) mass is 257 g/mol. The summed E-state index contributed by atoms with van der Waals surface area (Å²) < 4.78 is 0. The summed E-state index contributed by atoms with van der Waals surface area (Å²) in [4.78, 5) is 10.9. The zero-order chi connectivity index (χ0) is 13.2. The number of likely N-dealkylation sites (tertiary alicyclic amines) is 1. The van der Waals surface area contributed by atoms with E-state index in [1.807, 2.05) is 0 Å². The molecule has 102 valence electrons. The molecule has 2 heterocycles. The quantitative estimate of drug-likeness (QED) is 0.906. The van der Waals surface area contributed by atoms with Gasteiger partial charge in [0.15, 0.2) is 0 Å². The number of aromatic nitrogens is 2. The van der Waals surface area contributed by atoms with Crippen LogP contribution in [0.15, 0.2) is 18.2 Å². The second kappa shape index (κ2) is 5.33. The van der Waals surface area contributed by atoms with E-state index in [0.717, 1.165) is 24.2 Å². The van der Waals surface area contributed by atoms with Crippen molar-refractivity contribution in [1.82, 2.24) is 14.9 Å². The van der Waals surface area contributed by atoms with E-state index in [9.17, 15) is 0 Å². The van der Waals surface area contributed by atoms with Crippen molar-refractivity contribution in [2.24, 2.45) is 0 Å². The molecule has 1 N–H and O–H groups in total. The van der Waals surface area contributed by atoms with Gasteiger partial charge in [-0.3, -0.25) is 4.90 Å². The zero-order valence-electron chi connectivity index (χ0n) is 11.9. The minimum Gasteiger partial charge on any atom is -0.341 e. The lowest BCUT2D eigenvalue weighted by Crippen LogP contribution is -2.25. The van der Waals surface area contributed by atoms with Crippen LogP contribution in [0.4, 0.5) is 0 Å². The summed E-state index contributed by atoms with van der Waals surface area (Å²) in [7, 11) is 0. The topological polar surface area (TPSA) is 31.9 Å². The first-order valence-corrected chi connectivity index (χ1v) is 7.54. The molecule has 0 spiro atoms. The first-order valence-electron chi connectivity index (χ1n) is 7.54. The van der Waals surface area contributed by atoms with E-state index in [4.69, 9.17) is 4.98 Å². The minimum absolute atomic E-state index is 0.458. The Hall–Kier alpha value is -1.35. The van der Waals surface area contributed by atoms with Crippen molar-refractivity contribution in [2.45, 2.75) is 45.6 Å². The Bertz CT molecular complexity index is 552. The van der Waals surface area contributed by atoms with Crippen molar-refractivity contribution in [3.05, 3.63) is 29.6 Å². The predicted molar refractivity (Wildman–Crippen MR) is 79.3 cm³/mol. The van der Waals surface area contributed by atoms with Gasteiger partial charge in [0, 0.05) is 0 Å². The van der Waals surface area contributed by atoms with Crippen LogP contribution in [0.5, 0.6) is 0 Å². The molecule has 1 fully saturated rings. The van der Waals surface area contributed by atoms with Gasteiger partial charge < -0.3 is 4.98 Å². The molecule has 1 unspecified atom stereocenters. The van der Waals surface area contributed by atoms with Crippen LogP contribution in [0.3, 0.4) is 0 Å². The number of rotatable bonds is 4. The molecule has 1 atom stereocenters. The fourth-order valence-corrected chi connectivity index (χ4v) is 3.13. The van der Waals surface area contributed by atoms with Crippen LogP contribution in [0.1, 0.15) is 50.5 Å². The van der Waals surface area contributed by atoms with Gasteiger partial charge in [0.1, 0.15) is 5.82 Å². The number of hydrogen-bond donors (Lipinski definition) is 1. The Morgan fingerprint density at radius 3 is 2.74 bits per heavy atom. The van der Waals surface area contributed by atoms with Gasteiger partial charge in [0.25, 0.3) is 0 Å². The Morgan fingerprint density at radius 1 is 1.26 bits per heavy atom. The fraction of sp³-hybridized carbons (Fsp3) is 0.562. The van der Waals surface area contributed by atoms with Crippen molar-refractivity contribution >= 4 is 11.0 Å². The summed E-state index contributed by atoms with van der Waals surface area (Å²) in [6, 6.07) is 7.02. The second-order valence-electron chi connectivity index (χ2n) is 5.49. The van der Waals surface area contributed by atoms with Gasteiger partial charge in [-0.1, -0.05) is 19.9 Å². The molecular formula is C16H23N3. The number of nitrogens with zero attached hydrogens (tertiary/aromatic N) is 2. The van der Waals surface area contributed by atoms with E-state index in [1.54, 1.807) is 0 Å². The first-order chi connectivity index (χ1) is 9.31. The second-order valence-corrected chi connectivity index (χ2v) is 5.49. The third kappa shape index (κ3) is 2.39. The van der Waals surface area contributed by atoms with Gasteiger partial charge in [0.2, 0.25) is 0 Å². The number of aromatic amines is 1. The number of hydrogen-bond acceptors (Lipinski definition) is 2. The van der Waals surface area contributed by atoms with E-state index < -0.39 is 0 Å². The molecule has 1 saturated heterocycles. The maximum absolute atomic E-state index is 4.81. The molecule has 0 radical (unpaired) electrons. The molecule has 19 heavy (non-hydrogen) atoms. The summed E-state index contributed by atoms with van der Waals surface area (Å²) in [5.74, 6) is 1.15. The van der Waals surface area contributed by atoms with Gasteiger partial charge >= 0.3 is 0 Å². The number of nitrogens with one attached hydrogen (secondary N) is 1. The standard InChI is InChI=1S/C16H23N3/c1-3-12-7-8-13-14(11-12)18-16(17-13)15(4-2)19-9-5-6-10-19/h7-8,11,15H,3-6,9-10H2,1-2H3,(H,17,18). The van der Waals surface area contributed by atoms with Crippen molar-refractivity contribution in [3.8, 4) is 0 Å². The Labute approximate surface area is 115 Å². The van der Waals surface area contributed by atoms with Gasteiger partial charge in [-0.2, -0.15) is 0 Å². The van der Waals surface area contributed by atoms with Crippen molar-refractivity contribution < 1.29 is 0 Å². The molecule has 1 aromatic heterocycles. The van der Waals surface area contributed by atoms with Crippen LogP contribution < -0.4 is 0 Å². The molecule has 0 aliphatic carbocycles. The van der Waals surface area contributed by atoms with E-state index in [1.165, 1.54) is 37.0 Å². The first kappa shape index (κ1) is 12.7. The Morgan fingerprint density at radius 2 is 2.05 bits per heavy atom. The highest BCUT2D eigenvalue weighted by Crippen LogP contribution is 2.27. The number of fused-ring (bicyclic) bond motifs is 1. The van der Waals surface area contributed by atoms with E-state index in [0.29, 0.717) is 6.04 Å². The van der Waals surface area contributed by atoms with E-state index in [2.05, 4.69) is 41.9 Å². The molecule has 0 bridgehead atoms. The third-order valence-electron chi connectivity index (χ3n) is 4.26. The van der Waals surface area contributed by atoms with E-state index >= 15 is 0 Å². The molecule has 3 heteroatoms. The number of H-pyrrole nitrogens is 1. The maximum Gasteiger partial charge on any atom is 0.124 e. The normalized spacial score (nSPS) is 18.2. The lowest BCUT2D eigenvalue weighted by atomic mass is 10.1. The third-order valence-corrected chi connectivity index (χ3v) is 4.26. The van der Waals surface area contributed by atoms with Gasteiger partial charge in [0.05, 0.1) is 17.1 Å². The molecule has 1 aliphatic heterocycles. The molecule has 0 saturated carbocycles. The Balaban J connectivity index is 1.94. The van der Waals surface area contributed by atoms with Crippen LogP contribution in [0, 0.1) is 0 Å². The van der Waals surface area contributed by atoms with Crippen LogP contribution in [-0.2, 0) is 6.42 Å². The van der Waals surface area contributed by atoms with Gasteiger partial charge in [-0.15, -0.1) is 0 Å². The van der Waals surface area contributed by atoms with Crippen LogP contribution in [-0.4, -0.2) is 28.0 Å². The maximum atomic E-state index is 4.81. The highest BCUT2D eigenvalue weighted by molar-refractivity contribution is 5.76. The molecular weight excluding hydrogens is 234 g/mol. The Kier molecular flexibility index (Phi) is 3.56. The smallest absolute Gasteiger partial charge is 0.124 e. The lowest BCUT2D eigenvalue weighted by molar-refractivity contribution is 0.231. The van der Waals surface area contributed by atoms with Gasteiger partial charge in [-0.25, -0.2) is 4.98 Å². The largest absolute Gasteiger partial charge is 0.341 e. The summed E-state index contributed by atoms with van der Waals surface area (Å²) >= 11 is 0. The fourth-order valence-electron chi connectivity index (χ4n) is 3.13. The average molecular weight is 257 g/mol. The minimum atomic E-state index is 0.458. The summed E-state index contributed by atoms with van der Waals surface area (Å²) in [6.45, 7) is 6.89. The molecule has 3 nitrogen and oxygen atoms in total. The van der Waals surface area contributed by atoms with Crippen molar-refractivity contribution in [2.75, 3.05) is 13.1 Å². The van der Waals surface area contributed by atoms with Crippen LogP contribution in [0.25, 0.3) is 11.0 Å². The van der Waals surface area contributed by atoms with Gasteiger partial charge in [-0.05, 0) is 56.5 Å². The van der Waals surface area contributed by atoms with E-state index in [-0.39, 0.29) is 0 Å². The summed E-state index contributed by atoms with van der Waals surface area (Å²) in [6.07, 6.45) is 4.86. The number of aryl methyl sites for hydroxylation is 1. The molecule has 1 aromatic carbocycles. The highest BCUT2D eigenvalue weighted by atomic mass is 15.2. The molecule has 1 aliphatic rings.